The van der Waals surface area contributed by atoms with Crippen molar-refractivity contribution in [2.24, 2.45) is 0 Å². The summed E-state index contributed by atoms with van der Waals surface area (Å²) in [5, 5.41) is 0.214. The van der Waals surface area contributed by atoms with Gasteiger partial charge in [-0.15, -0.1) is 11.8 Å². The van der Waals surface area contributed by atoms with E-state index >= 15 is 0 Å². The van der Waals surface area contributed by atoms with Crippen LogP contribution in [0.25, 0.3) is 0 Å². The number of anilines is 1. The number of fused-ring (bicyclic) bond motifs is 1. The Kier molecular flexibility index (Phi) is 6.53. The number of methoxy groups -OCH3 is 1. The molecule has 0 aromatic heterocycles. The van der Waals surface area contributed by atoms with Gasteiger partial charge in [0.25, 0.3) is 5.91 Å². The predicted molar refractivity (Wildman–Crippen MR) is 134 cm³/mol. The van der Waals surface area contributed by atoms with Gasteiger partial charge in [0.15, 0.2) is 11.6 Å². The molecule has 180 valence electrons. The number of hydrogen-bond acceptors (Lipinski definition) is 5. The minimum absolute atomic E-state index is 0.0705. The van der Waals surface area contributed by atoms with Crippen molar-refractivity contribution in [1.29, 1.82) is 0 Å². The quantitative estimate of drug-likeness (QED) is 0.348. The number of benzene rings is 3. The van der Waals surface area contributed by atoms with Crippen LogP contribution in [-0.4, -0.2) is 35.7 Å². The zero-order valence-electron chi connectivity index (χ0n) is 18.4. The molecule has 3 amide bonds. The average Bonchev–Trinajstić information content (AvgIpc) is 3.40. The summed E-state index contributed by atoms with van der Waals surface area (Å²) in [6, 6.07) is 15.3. The smallest absolute Gasteiger partial charge is 0.333 e. The fourth-order valence-corrected chi connectivity index (χ4v) is 5.89. The first-order valence-electron chi connectivity index (χ1n) is 10.7. The fraction of sp³-hybridized carbons (Fsp3) is 0.200. The van der Waals surface area contributed by atoms with Crippen molar-refractivity contribution in [2.75, 3.05) is 17.8 Å². The van der Waals surface area contributed by atoms with Crippen molar-refractivity contribution in [1.82, 2.24) is 4.90 Å². The third-order valence-corrected chi connectivity index (χ3v) is 7.95. The second-order valence-corrected chi connectivity index (χ2v) is 9.88. The summed E-state index contributed by atoms with van der Waals surface area (Å²) < 4.78 is 25.1. The molecule has 10 heteroatoms. The Bertz CT molecular complexity index is 1320. The molecular formula is C25H19Cl2FN2O4S. The molecule has 2 saturated heterocycles. The number of nitrogens with zero attached hydrogens (tertiary/aromatic N) is 2. The zero-order chi connectivity index (χ0) is 24.7. The van der Waals surface area contributed by atoms with Gasteiger partial charge in [-0.2, -0.15) is 0 Å². The van der Waals surface area contributed by atoms with Crippen LogP contribution >= 0.6 is 35.0 Å². The lowest BCUT2D eigenvalue weighted by atomic mass is 10.1. The number of rotatable bonds is 6. The number of ether oxygens (including phenoxy) is 2. The van der Waals surface area contributed by atoms with Gasteiger partial charge in [-0.05, 0) is 48.0 Å². The van der Waals surface area contributed by atoms with E-state index in [1.807, 2.05) is 12.1 Å². The molecule has 2 fully saturated rings. The van der Waals surface area contributed by atoms with E-state index in [1.165, 1.54) is 23.9 Å². The Morgan fingerprint density at radius 2 is 1.83 bits per heavy atom. The van der Waals surface area contributed by atoms with Gasteiger partial charge >= 0.3 is 6.03 Å². The Balaban J connectivity index is 1.42. The maximum Gasteiger partial charge on any atom is 0.333 e. The number of carbonyl (C=O) groups is 2. The number of halogens is 3. The van der Waals surface area contributed by atoms with Gasteiger partial charge in [-0.1, -0.05) is 41.4 Å². The average molecular weight is 533 g/mol. The van der Waals surface area contributed by atoms with E-state index in [0.717, 1.165) is 10.5 Å². The molecule has 0 N–H and O–H groups in total. The molecule has 2 heterocycles. The van der Waals surface area contributed by atoms with Crippen molar-refractivity contribution in [3.8, 4) is 11.5 Å². The standard InChI is InChI=1S/C25H19Cl2FN2O4S/c1-33-21-9-6-14(10-15(21)12-34-22-5-3-2-4-19(22)28)24-30-20(13-35-24)23(31)29(25(30)32)16-7-8-17(26)18(27)11-16/h2-11,20,24H,12-13H2,1H3. The maximum atomic E-state index is 14.0. The van der Waals surface area contributed by atoms with E-state index in [2.05, 4.69) is 0 Å². The van der Waals surface area contributed by atoms with E-state index in [9.17, 15) is 14.0 Å². The molecule has 3 aromatic carbocycles. The molecule has 5 rings (SSSR count). The van der Waals surface area contributed by atoms with Crippen LogP contribution in [0.2, 0.25) is 10.0 Å². The molecule has 6 nitrogen and oxygen atoms in total. The number of imide groups is 1. The lowest BCUT2D eigenvalue weighted by Gasteiger charge is -2.24. The van der Waals surface area contributed by atoms with E-state index in [0.29, 0.717) is 27.8 Å². The number of urea groups is 1. The summed E-state index contributed by atoms with van der Waals surface area (Å²) in [6.45, 7) is 0.0705. The molecule has 35 heavy (non-hydrogen) atoms. The third kappa shape index (κ3) is 4.30. The molecule has 2 unspecified atom stereocenters. The van der Waals surface area contributed by atoms with Crippen LogP contribution in [0.4, 0.5) is 14.9 Å². The molecule has 2 atom stereocenters. The normalized spacial score (nSPS) is 19.3. The van der Waals surface area contributed by atoms with E-state index < -0.39 is 17.9 Å². The van der Waals surface area contributed by atoms with Gasteiger partial charge in [0.1, 0.15) is 23.8 Å². The molecule has 0 radical (unpaired) electrons. The Labute approximate surface area is 215 Å². The minimum Gasteiger partial charge on any atom is -0.496 e. The molecular weight excluding hydrogens is 514 g/mol. The first-order valence-corrected chi connectivity index (χ1v) is 12.5. The van der Waals surface area contributed by atoms with Crippen molar-refractivity contribution in [3.05, 3.63) is 87.7 Å². The van der Waals surface area contributed by atoms with Gasteiger partial charge in [-0.25, -0.2) is 14.1 Å². The number of para-hydroxylation sites is 1. The summed E-state index contributed by atoms with van der Waals surface area (Å²) in [4.78, 5) is 29.2. The van der Waals surface area contributed by atoms with Gasteiger partial charge in [0, 0.05) is 11.3 Å². The molecule has 0 bridgehead atoms. The molecule has 0 aliphatic carbocycles. The van der Waals surface area contributed by atoms with Gasteiger partial charge in [0.05, 0.1) is 22.8 Å². The first kappa shape index (κ1) is 23.8. The number of amides is 3. The lowest BCUT2D eigenvalue weighted by molar-refractivity contribution is -0.119. The Morgan fingerprint density at radius 3 is 2.57 bits per heavy atom. The van der Waals surface area contributed by atoms with E-state index in [4.69, 9.17) is 32.7 Å². The van der Waals surface area contributed by atoms with Crippen molar-refractivity contribution in [3.63, 3.8) is 0 Å². The largest absolute Gasteiger partial charge is 0.496 e. The Morgan fingerprint density at radius 1 is 1.03 bits per heavy atom. The summed E-state index contributed by atoms with van der Waals surface area (Å²) in [7, 11) is 1.54. The van der Waals surface area contributed by atoms with Crippen molar-refractivity contribution >= 4 is 52.6 Å². The lowest BCUT2D eigenvalue weighted by Crippen LogP contribution is -2.33. The monoisotopic (exact) mass is 532 g/mol. The third-order valence-electron chi connectivity index (χ3n) is 5.89. The van der Waals surface area contributed by atoms with Gasteiger partial charge in [0.2, 0.25) is 0 Å². The highest BCUT2D eigenvalue weighted by molar-refractivity contribution is 7.99. The summed E-state index contributed by atoms with van der Waals surface area (Å²) in [6.07, 6.45) is 0. The van der Waals surface area contributed by atoms with Crippen LogP contribution < -0.4 is 14.4 Å². The van der Waals surface area contributed by atoms with Gasteiger partial charge in [-0.3, -0.25) is 9.69 Å². The maximum absolute atomic E-state index is 14.0. The van der Waals surface area contributed by atoms with Crippen LogP contribution in [0.1, 0.15) is 16.5 Å². The minimum atomic E-state index is -0.591. The second kappa shape index (κ2) is 9.60. The zero-order valence-corrected chi connectivity index (χ0v) is 20.7. The second-order valence-electron chi connectivity index (χ2n) is 7.95. The topological polar surface area (TPSA) is 59.1 Å². The fourth-order valence-electron chi connectivity index (χ4n) is 4.19. The molecule has 3 aromatic rings. The SMILES string of the molecule is COc1ccc(C2SCC3C(=O)N(c4ccc(Cl)c(Cl)c4)C(=O)N32)cc1COc1ccccc1F. The van der Waals surface area contributed by atoms with Crippen LogP contribution in [-0.2, 0) is 11.4 Å². The van der Waals surface area contributed by atoms with Crippen LogP contribution in [0.5, 0.6) is 11.5 Å². The summed E-state index contributed by atoms with van der Waals surface area (Å²) in [5.41, 5.74) is 1.88. The Hall–Kier alpha value is -2.94. The highest BCUT2D eigenvalue weighted by atomic mass is 35.5. The predicted octanol–water partition coefficient (Wildman–Crippen LogP) is 6.30. The van der Waals surface area contributed by atoms with Crippen molar-refractivity contribution < 1.29 is 23.5 Å². The van der Waals surface area contributed by atoms with E-state index in [-0.39, 0.29) is 28.7 Å². The molecule has 2 aliphatic rings. The van der Waals surface area contributed by atoms with Gasteiger partial charge < -0.3 is 9.47 Å². The summed E-state index contributed by atoms with van der Waals surface area (Å²) in [5.74, 6) is 0.402. The molecule has 2 aliphatic heterocycles. The van der Waals surface area contributed by atoms with Crippen molar-refractivity contribution in [2.45, 2.75) is 18.0 Å². The van der Waals surface area contributed by atoms with Crippen LogP contribution in [0.3, 0.4) is 0 Å². The number of hydrogen-bond donors (Lipinski definition) is 0. The molecule has 0 saturated carbocycles. The van der Waals surface area contributed by atoms with Crippen LogP contribution in [0, 0.1) is 5.82 Å². The number of thioether (sulfide) groups is 1. The highest BCUT2D eigenvalue weighted by Crippen LogP contribution is 2.47. The number of carbonyl (C=O) groups excluding carboxylic acids is 2. The van der Waals surface area contributed by atoms with Crippen LogP contribution in [0.15, 0.2) is 60.7 Å². The summed E-state index contributed by atoms with van der Waals surface area (Å²) >= 11 is 13.6. The molecule has 0 spiro atoms. The highest BCUT2D eigenvalue weighted by Gasteiger charge is 2.53. The first-order chi connectivity index (χ1) is 16.9. The van der Waals surface area contributed by atoms with E-state index in [1.54, 1.807) is 48.4 Å².